The molecule has 0 aromatic heterocycles. The van der Waals surface area contributed by atoms with E-state index in [0.717, 1.165) is 18.4 Å². The van der Waals surface area contributed by atoms with Crippen molar-refractivity contribution in [3.05, 3.63) is 12.2 Å². The highest BCUT2D eigenvalue weighted by Gasteiger charge is 2.47. The van der Waals surface area contributed by atoms with E-state index in [2.05, 4.69) is 50.1 Å². The first-order chi connectivity index (χ1) is 8.56. The first-order valence-electron chi connectivity index (χ1n) is 7.66. The van der Waals surface area contributed by atoms with Gasteiger partial charge in [0, 0.05) is 31.2 Å². The van der Waals surface area contributed by atoms with E-state index in [-0.39, 0.29) is 0 Å². The Hall–Kier alpha value is -0.340. The number of rotatable bonds is 5. The Balaban J connectivity index is 2.00. The molecule has 2 rings (SSSR count). The Kier molecular flexibility index (Phi) is 4.50. The topological polar surface area (TPSA) is 15.3 Å². The molecule has 1 saturated heterocycles. The van der Waals surface area contributed by atoms with E-state index in [1.54, 1.807) is 0 Å². The van der Waals surface area contributed by atoms with E-state index in [1.807, 2.05) is 0 Å². The maximum atomic E-state index is 3.80. The van der Waals surface area contributed by atoms with Gasteiger partial charge in [0.25, 0.3) is 0 Å². The van der Waals surface area contributed by atoms with E-state index in [0.29, 0.717) is 11.6 Å². The third-order valence-corrected chi connectivity index (χ3v) is 4.69. The summed E-state index contributed by atoms with van der Waals surface area (Å²) < 4.78 is 0. The van der Waals surface area contributed by atoms with Gasteiger partial charge < -0.3 is 5.32 Å². The second kappa shape index (κ2) is 5.75. The smallest absolute Gasteiger partial charge is 0.0337 e. The van der Waals surface area contributed by atoms with E-state index >= 15 is 0 Å². The van der Waals surface area contributed by atoms with Crippen molar-refractivity contribution in [3.8, 4) is 0 Å². The molecule has 0 radical (unpaired) electrons. The van der Waals surface area contributed by atoms with Gasteiger partial charge in [-0.1, -0.05) is 26.0 Å². The average molecular weight is 250 g/mol. The second-order valence-electron chi connectivity index (χ2n) is 6.81. The monoisotopic (exact) mass is 250 g/mol. The maximum Gasteiger partial charge on any atom is 0.0337 e. The van der Waals surface area contributed by atoms with Gasteiger partial charge in [0.1, 0.15) is 0 Å². The fraction of sp³-hybridized carbons (Fsp3) is 0.875. The Morgan fingerprint density at radius 3 is 2.67 bits per heavy atom. The molecule has 0 amide bonds. The summed E-state index contributed by atoms with van der Waals surface area (Å²) >= 11 is 0. The molecule has 18 heavy (non-hydrogen) atoms. The largest absolute Gasteiger partial charge is 0.311 e. The van der Waals surface area contributed by atoms with Crippen LogP contribution in [0, 0.1) is 11.8 Å². The standard InChI is InChI=1S/C16H30N2/c1-5-6-9-18-11-15(10-13(2)3)17-12-16(18,4)14-7-8-14/h5-6,13-15,17H,7-12H2,1-4H3/b6-5+. The molecular formula is C16H30N2. The SMILES string of the molecule is C/C=C/CN1CC(CC(C)C)NCC1(C)C1CC1. The summed E-state index contributed by atoms with van der Waals surface area (Å²) in [6.07, 6.45) is 8.66. The highest BCUT2D eigenvalue weighted by molar-refractivity contribution is 5.06. The van der Waals surface area contributed by atoms with Gasteiger partial charge in [0.15, 0.2) is 0 Å². The number of allylic oxidation sites excluding steroid dienone is 1. The summed E-state index contributed by atoms with van der Waals surface area (Å²) in [7, 11) is 0. The van der Waals surface area contributed by atoms with Gasteiger partial charge in [0.05, 0.1) is 0 Å². The van der Waals surface area contributed by atoms with Gasteiger partial charge in [-0.25, -0.2) is 0 Å². The van der Waals surface area contributed by atoms with E-state index < -0.39 is 0 Å². The molecular weight excluding hydrogens is 220 g/mol. The van der Waals surface area contributed by atoms with Crippen molar-refractivity contribution in [3.63, 3.8) is 0 Å². The van der Waals surface area contributed by atoms with Crippen molar-refractivity contribution in [1.82, 2.24) is 10.2 Å². The second-order valence-corrected chi connectivity index (χ2v) is 6.81. The molecule has 2 heteroatoms. The molecule has 0 bridgehead atoms. The zero-order chi connectivity index (χ0) is 13.2. The number of hydrogen-bond donors (Lipinski definition) is 1. The third-order valence-electron chi connectivity index (χ3n) is 4.69. The van der Waals surface area contributed by atoms with Crippen LogP contribution in [0.25, 0.3) is 0 Å². The van der Waals surface area contributed by atoms with Crippen LogP contribution in [-0.4, -0.2) is 36.1 Å². The quantitative estimate of drug-likeness (QED) is 0.755. The van der Waals surface area contributed by atoms with Crippen molar-refractivity contribution in [1.29, 1.82) is 0 Å². The normalized spacial score (nSPS) is 34.6. The average Bonchev–Trinajstić information content (AvgIpc) is 3.13. The molecule has 0 aromatic carbocycles. The van der Waals surface area contributed by atoms with E-state index in [4.69, 9.17) is 0 Å². The zero-order valence-electron chi connectivity index (χ0n) is 12.6. The van der Waals surface area contributed by atoms with E-state index in [9.17, 15) is 0 Å². The van der Waals surface area contributed by atoms with Crippen LogP contribution in [0.15, 0.2) is 12.2 Å². The zero-order valence-corrected chi connectivity index (χ0v) is 12.6. The van der Waals surface area contributed by atoms with Crippen molar-refractivity contribution in [2.45, 2.75) is 58.5 Å². The van der Waals surface area contributed by atoms with Gasteiger partial charge in [0.2, 0.25) is 0 Å². The summed E-state index contributed by atoms with van der Waals surface area (Å²) in [5.74, 6) is 1.71. The molecule has 2 nitrogen and oxygen atoms in total. The lowest BCUT2D eigenvalue weighted by Gasteiger charge is -2.48. The molecule has 1 heterocycles. The predicted octanol–water partition coefficient (Wildman–Crippen LogP) is 3.05. The van der Waals surface area contributed by atoms with Crippen LogP contribution in [0.3, 0.4) is 0 Å². The Morgan fingerprint density at radius 1 is 1.39 bits per heavy atom. The van der Waals surface area contributed by atoms with Crippen LogP contribution in [0.2, 0.25) is 0 Å². The van der Waals surface area contributed by atoms with Crippen molar-refractivity contribution in [2.24, 2.45) is 11.8 Å². The van der Waals surface area contributed by atoms with Crippen LogP contribution < -0.4 is 5.32 Å². The van der Waals surface area contributed by atoms with Gasteiger partial charge >= 0.3 is 0 Å². The lowest BCUT2D eigenvalue weighted by molar-refractivity contribution is 0.0413. The van der Waals surface area contributed by atoms with Gasteiger partial charge in [-0.2, -0.15) is 0 Å². The number of piperazine rings is 1. The molecule has 0 spiro atoms. The van der Waals surface area contributed by atoms with Crippen LogP contribution in [-0.2, 0) is 0 Å². The molecule has 1 saturated carbocycles. The summed E-state index contributed by atoms with van der Waals surface area (Å²) in [6, 6.07) is 0.682. The Bertz CT molecular complexity index is 293. The first-order valence-corrected chi connectivity index (χ1v) is 7.66. The highest BCUT2D eigenvalue weighted by Crippen LogP contribution is 2.44. The van der Waals surface area contributed by atoms with Crippen LogP contribution in [0.5, 0.6) is 0 Å². The fourth-order valence-corrected chi connectivity index (χ4v) is 3.35. The Morgan fingerprint density at radius 2 is 2.11 bits per heavy atom. The molecule has 104 valence electrons. The van der Waals surface area contributed by atoms with Gasteiger partial charge in [-0.05, 0) is 44.9 Å². The highest BCUT2D eigenvalue weighted by atomic mass is 15.3. The van der Waals surface area contributed by atoms with Crippen molar-refractivity contribution >= 4 is 0 Å². The van der Waals surface area contributed by atoms with Gasteiger partial charge in [-0.15, -0.1) is 0 Å². The predicted molar refractivity (Wildman–Crippen MR) is 78.8 cm³/mol. The van der Waals surface area contributed by atoms with Gasteiger partial charge in [-0.3, -0.25) is 4.90 Å². The molecule has 1 N–H and O–H groups in total. The summed E-state index contributed by atoms with van der Waals surface area (Å²) in [6.45, 7) is 12.8. The minimum Gasteiger partial charge on any atom is -0.311 e. The summed E-state index contributed by atoms with van der Waals surface area (Å²) in [5, 5.41) is 3.80. The number of nitrogens with zero attached hydrogens (tertiary/aromatic N) is 1. The minimum absolute atomic E-state index is 0.396. The molecule has 2 aliphatic rings. The maximum absolute atomic E-state index is 3.80. The van der Waals surface area contributed by atoms with Crippen LogP contribution in [0.1, 0.15) is 47.0 Å². The number of hydrogen-bond acceptors (Lipinski definition) is 2. The van der Waals surface area contributed by atoms with Crippen LogP contribution >= 0.6 is 0 Å². The third kappa shape index (κ3) is 3.16. The molecule has 1 aliphatic carbocycles. The summed E-state index contributed by atoms with van der Waals surface area (Å²) in [5.41, 5.74) is 0.396. The Labute approximate surface area is 113 Å². The van der Waals surface area contributed by atoms with E-state index in [1.165, 1.54) is 32.4 Å². The molecule has 0 aromatic rings. The lowest BCUT2D eigenvalue weighted by atomic mass is 9.88. The van der Waals surface area contributed by atoms with Crippen LogP contribution in [0.4, 0.5) is 0 Å². The molecule has 1 aliphatic heterocycles. The first kappa shape index (κ1) is 14.1. The molecule has 2 fully saturated rings. The van der Waals surface area contributed by atoms with Crippen molar-refractivity contribution in [2.75, 3.05) is 19.6 Å². The molecule has 2 unspecified atom stereocenters. The fourth-order valence-electron chi connectivity index (χ4n) is 3.35. The molecule has 2 atom stereocenters. The number of nitrogens with one attached hydrogen (secondary N) is 1. The minimum atomic E-state index is 0.396. The summed E-state index contributed by atoms with van der Waals surface area (Å²) in [4.78, 5) is 2.73. The van der Waals surface area contributed by atoms with Crippen molar-refractivity contribution < 1.29 is 0 Å². The lowest BCUT2D eigenvalue weighted by Crippen LogP contribution is -2.64.